The molecule has 0 spiro atoms. The highest BCUT2D eigenvalue weighted by atomic mass is 32.2. The molecule has 0 aliphatic rings. The summed E-state index contributed by atoms with van der Waals surface area (Å²) in [6.45, 7) is 1.53. The molecule has 0 aliphatic carbocycles. The number of sulfonamides is 1. The molecule has 6 nitrogen and oxygen atoms in total. The number of nitrogens with one attached hydrogen (secondary N) is 1. The Hall–Kier alpha value is -2.54. The second kappa shape index (κ2) is 8.02. The minimum absolute atomic E-state index is 0.229. The van der Waals surface area contributed by atoms with E-state index in [9.17, 15) is 13.2 Å². The van der Waals surface area contributed by atoms with Gasteiger partial charge in [-0.05, 0) is 24.6 Å². The molecule has 0 saturated heterocycles. The van der Waals surface area contributed by atoms with Crippen LogP contribution in [0.2, 0.25) is 0 Å². The Morgan fingerprint density at radius 1 is 1.12 bits per heavy atom. The maximum atomic E-state index is 12.4. The number of benzene rings is 2. The van der Waals surface area contributed by atoms with E-state index in [-0.39, 0.29) is 12.6 Å². The number of hydrogen-bond donors (Lipinski definition) is 1. The van der Waals surface area contributed by atoms with E-state index in [4.69, 9.17) is 4.74 Å². The number of hydrogen-bond acceptors (Lipinski definition) is 4. The van der Waals surface area contributed by atoms with E-state index in [0.717, 1.165) is 16.1 Å². The molecule has 1 amide bonds. The van der Waals surface area contributed by atoms with Crippen molar-refractivity contribution >= 4 is 21.6 Å². The van der Waals surface area contributed by atoms with Gasteiger partial charge in [0.05, 0.1) is 25.1 Å². The summed E-state index contributed by atoms with van der Waals surface area (Å²) in [5.74, 6) is -0.00971. The fraction of sp³-hybridized carbons (Fsp3) is 0.278. The predicted octanol–water partition coefficient (Wildman–Crippen LogP) is 2.34. The van der Waals surface area contributed by atoms with Crippen molar-refractivity contribution in [3.8, 4) is 5.75 Å². The maximum absolute atomic E-state index is 12.4. The summed E-state index contributed by atoms with van der Waals surface area (Å²) >= 11 is 0. The zero-order valence-corrected chi connectivity index (χ0v) is 15.3. The molecule has 1 N–H and O–H groups in total. The molecular formula is C18H22N2O4S. The number of anilines is 1. The first-order valence-electron chi connectivity index (χ1n) is 7.78. The van der Waals surface area contributed by atoms with Crippen molar-refractivity contribution < 1.29 is 17.9 Å². The van der Waals surface area contributed by atoms with Crippen LogP contribution in [0.4, 0.5) is 5.69 Å². The number of methoxy groups -OCH3 is 1. The van der Waals surface area contributed by atoms with Gasteiger partial charge in [-0.25, -0.2) is 8.42 Å². The van der Waals surface area contributed by atoms with Crippen molar-refractivity contribution in [3.63, 3.8) is 0 Å². The Morgan fingerprint density at radius 3 is 2.32 bits per heavy atom. The number of amides is 1. The molecule has 0 fully saturated rings. The van der Waals surface area contributed by atoms with Crippen LogP contribution in [0.5, 0.6) is 5.75 Å². The summed E-state index contributed by atoms with van der Waals surface area (Å²) in [4.78, 5) is 12.4. The first-order valence-corrected chi connectivity index (χ1v) is 9.63. The van der Waals surface area contributed by atoms with Gasteiger partial charge in [-0.15, -0.1) is 0 Å². The van der Waals surface area contributed by atoms with Gasteiger partial charge in [-0.2, -0.15) is 0 Å². The minimum atomic E-state index is -3.65. The van der Waals surface area contributed by atoms with Gasteiger partial charge in [0.25, 0.3) is 0 Å². The number of rotatable bonds is 7. The summed E-state index contributed by atoms with van der Waals surface area (Å²) < 4.78 is 30.6. The Balaban J connectivity index is 2.19. The highest BCUT2D eigenvalue weighted by molar-refractivity contribution is 7.92. The Bertz CT molecular complexity index is 822. The van der Waals surface area contributed by atoms with Crippen molar-refractivity contribution in [2.24, 2.45) is 0 Å². The number of carbonyl (C=O) groups excluding carboxylic acids is 1. The van der Waals surface area contributed by atoms with Crippen LogP contribution < -0.4 is 14.4 Å². The van der Waals surface area contributed by atoms with Crippen molar-refractivity contribution in [1.82, 2.24) is 5.32 Å². The monoisotopic (exact) mass is 362 g/mol. The number of ether oxygens (including phenoxy) is 1. The lowest BCUT2D eigenvalue weighted by Gasteiger charge is -2.24. The Kier molecular flexibility index (Phi) is 6.03. The fourth-order valence-corrected chi connectivity index (χ4v) is 3.32. The third kappa shape index (κ3) is 4.96. The summed E-state index contributed by atoms with van der Waals surface area (Å²) in [6.07, 6.45) is 1.06. The van der Waals surface area contributed by atoms with Crippen molar-refractivity contribution in [3.05, 3.63) is 60.2 Å². The number of para-hydroxylation sites is 2. The second-order valence-corrected chi connectivity index (χ2v) is 7.55. The van der Waals surface area contributed by atoms with E-state index in [2.05, 4.69) is 5.32 Å². The number of carbonyl (C=O) groups is 1. The maximum Gasteiger partial charge on any atom is 0.241 e. The average molecular weight is 362 g/mol. The smallest absolute Gasteiger partial charge is 0.241 e. The van der Waals surface area contributed by atoms with Gasteiger partial charge in [0.15, 0.2) is 0 Å². The van der Waals surface area contributed by atoms with Crippen molar-refractivity contribution in [1.29, 1.82) is 0 Å². The largest absolute Gasteiger partial charge is 0.495 e. The van der Waals surface area contributed by atoms with E-state index < -0.39 is 15.9 Å². The van der Waals surface area contributed by atoms with E-state index in [1.54, 1.807) is 24.3 Å². The molecule has 0 aliphatic heterocycles. The standard InChI is InChI=1S/C18H22N2O4S/c1-14(15-9-5-4-6-10-15)19-18(21)13-20(25(3,22)23)16-11-7-8-12-17(16)24-2/h4-12,14H,13H2,1-3H3,(H,19,21)/t14-/m0/s1. The summed E-state index contributed by atoms with van der Waals surface area (Å²) in [7, 11) is -2.20. The molecule has 1 atom stereocenters. The van der Waals surface area contributed by atoms with Crippen LogP contribution in [0.25, 0.3) is 0 Å². The molecule has 2 aromatic rings. The molecule has 7 heteroatoms. The molecule has 0 heterocycles. The highest BCUT2D eigenvalue weighted by Crippen LogP contribution is 2.29. The molecule has 0 bridgehead atoms. The molecule has 134 valence electrons. The van der Waals surface area contributed by atoms with Gasteiger partial charge < -0.3 is 10.1 Å². The second-order valence-electron chi connectivity index (χ2n) is 5.64. The molecule has 0 radical (unpaired) electrons. The van der Waals surface area contributed by atoms with Gasteiger partial charge in [0, 0.05) is 0 Å². The SMILES string of the molecule is COc1ccccc1N(CC(=O)N[C@@H](C)c1ccccc1)S(C)(=O)=O. The van der Waals surface area contributed by atoms with Gasteiger partial charge in [0.1, 0.15) is 12.3 Å². The van der Waals surface area contributed by atoms with Crippen LogP contribution in [0, 0.1) is 0 Å². The molecule has 0 unspecified atom stereocenters. The lowest BCUT2D eigenvalue weighted by molar-refractivity contribution is -0.120. The van der Waals surface area contributed by atoms with Gasteiger partial charge in [-0.1, -0.05) is 42.5 Å². The lowest BCUT2D eigenvalue weighted by atomic mass is 10.1. The predicted molar refractivity (Wildman–Crippen MR) is 98.2 cm³/mol. The molecule has 0 aromatic heterocycles. The lowest BCUT2D eigenvalue weighted by Crippen LogP contribution is -2.41. The van der Waals surface area contributed by atoms with Gasteiger partial charge in [0.2, 0.25) is 15.9 Å². The summed E-state index contributed by atoms with van der Waals surface area (Å²) in [5.41, 5.74) is 1.27. The number of nitrogens with zero attached hydrogens (tertiary/aromatic N) is 1. The third-order valence-corrected chi connectivity index (χ3v) is 4.84. The first kappa shape index (κ1) is 18.8. The first-order chi connectivity index (χ1) is 11.8. The van der Waals surface area contributed by atoms with E-state index in [1.807, 2.05) is 37.3 Å². The molecule has 0 saturated carbocycles. The van der Waals surface area contributed by atoms with Crippen LogP contribution in [0.15, 0.2) is 54.6 Å². The highest BCUT2D eigenvalue weighted by Gasteiger charge is 2.24. The molecule has 2 aromatic carbocycles. The zero-order chi connectivity index (χ0) is 18.4. The normalized spacial score (nSPS) is 12.3. The molecule has 25 heavy (non-hydrogen) atoms. The van der Waals surface area contributed by atoms with E-state index >= 15 is 0 Å². The van der Waals surface area contributed by atoms with Crippen LogP contribution in [0.3, 0.4) is 0 Å². The van der Waals surface area contributed by atoms with Crippen LogP contribution >= 0.6 is 0 Å². The topological polar surface area (TPSA) is 75.7 Å². The fourth-order valence-electron chi connectivity index (χ4n) is 2.46. The van der Waals surface area contributed by atoms with Crippen molar-refractivity contribution in [2.75, 3.05) is 24.2 Å². The van der Waals surface area contributed by atoms with Crippen LogP contribution in [-0.4, -0.2) is 34.2 Å². The minimum Gasteiger partial charge on any atom is -0.495 e. The van der Waals surface area contributed by atoms with Crippen molar-refractivity contribution in [2.45, 2.75) is 13.0 Å². The summed E-state index contributed by atoms with van der Waals surface area (Å²) in [5, 5.41) is 2.82. The van der Waals surface area contributed by atoms with E-state index in [0.29, 0.717) is 11.4 Å². The molecule has 2 rings (SSSR count). The Morgan fingerprint density at radius 2 is 1.72 bits per heavy atom. The molecular weight excluding hydrogens is 340 g/mol. The van der Waals surface area contributed by atoms with Crippen LogP contribution in [-0.2, 0) is 14.8 Å². The summed E-state index contributed by atoms with van der Waals surface area (Å²) in [6, 6.07) is 15.9. The van der Waals surface area contributed by atoms with Gasteiger partial charge in [-0.3, -0.25) is 9.10 Å². The quantitative estimate of drug-likeness (QED) is 0.820. The van der Waals surface area contributed by atoms with Gasteiger partial charge >= 0.3 is 0 Å². The van der Waals surface area contributed by atoms with Crippen LogP contribution in [0.1, 0.15) is 18.5 Å². The third-order valence-electron chi connectivity index (χ3n) is 3.72. The Labute approximate surface area is 148 Å². The average Bonchev–Trinajstić information content (AvgIpc) is 2.59. The zero-order valence-electron chi connectivity index (χ0n) is 14.5. The van der Waals surface area contributed by atoms with E-state index in [1.165, 1.54) is 7.11 Å².